The van der Waals surface area contributed by atoms with E-state index < -0.39 is 10.0 Å². The largest absolute Gasteiger partial charge is 0.322 e. The Labute approximate surface area is 166 Å². The molecule has 138 valence electrons. The first-order valence-electron chi connectivity index (χ1n) is 8.09. The summed E-state index contributed by atoms with van der Waals surface area (Å²) in [7, 11) is -2.18. The summed E-state index contributed by atoms with van der Waals surface area (Å²) in [6.07, 6.45) is 0. The van der Waals surface area contributed by atoms with Crippen molar-refractivity contribution in [2.24, 2.45) is 0 Å². The van der Waals surface area contributed by atoms with Gasteiger partial charge < -0.3 is 5.32 Å². The van der Waals surface area contributed by atoms with Crippen LogP contribution in [0.5, 0.6) is 0 Å². The highest BCUT2D eigenvalue weighted by atomic mass is 79.9. The lowest BCUT2D eigenvalue weighted by Gasteiger charge is -2.19. The molecule has 3 aromatic rings. The van der Waals surface area contributed by atoms with Gasteiger partial charge >= 0.3 is 0 Å². The highest BCUT2D eigenvalue weighted by Crippen LogP contribution is 2.23. The minimum absolute atomic E-state index is 0.146. The van der Waals surface area contributed by atoms with Crippen LogP contribution in [0.15, 0.2) is 88.2 Å². The third kappa shape index (κ3) is 4.20. The fourth-order valence-corrected chi connectivity index (χ4v) is 4.15. The smallest absolute Gasteiger partial charge is 0.264 e. The van der Waals surface area contributed by atoms with Gasteiger partial charge in [0, 0.05) is 17.2 Å². The molecule has 0 atom stereocenters. The van der Waals surface area contributed by atoms with E-state index in [2.05, 4.69) is 21.2 Å². The van der Waals surface area contributed by atoms with Crippen molar-refractivity contribution < 1.29 is 13.2 Å². The molecule has 5 nitrogen and oxygen atoms in total. The van der Waals surface area contributed by atoms with Gasteiger partial charge in [-0.05, 0) is 64.5 Å². The van der Waals surface area contributed by atoms with Crippen LogP contribution in [0.2, 0.25) is 0 Å². The number of sulfonamides is 1. The van der Waals surface area contributed by atoms with Gasteiger partial charge in [-0.1, -0.05) is 30.3 Å². The summed E-state index contributed by atoms with van der Waals surface area (Å²) < 4.78 is 27.4. The molecule has 3 aromatic carbocycles. The fraction of sp³-hybridized carbons (Fsp3) is 0.0500. The summed E-state index contributed by atoms with van der Waals surface area (Å²) >= 11 is 3.34. The number of nitrogens with zero attached hydrogens (tertiary/aromatic N) is 1. The lowest BCUT2D eigenvalue weighted by molar-refractivity contribution is 0.102. The van der Waals surface area contributed by atoms with E-state index in [-0.39, 0.29) is 10.8 Å². The number of anilines is 2. The maximum Gasteiger partial charge on any atom is 0.264 e. The summed E-state index contributed by atoms with van der Waals surface area (Å²) in [6, 6.07) is 22.0. The second-order valence-corrected chi connectivity index (χ2v) is 8.59. The lowest BCUT2D eigenvalue weighted by atomic mass is 10.2. The molecular weight excluding hydrogens is 428 g/mol. The second kappa shape index (κ2) is 7.94. The lowest BCUT2D eigenvalue weighted by Crippen LogP contribution is -2.26. The fourth-order valence-electron chi connectivity index (χ4n) is 2.49. The number of carbonyl (C=O) groups is 1. The van der Waals surface area contributed by atoms with Crippen LogP contribution in [0.3, 0.4) is 0 Å². The molecule has 0 heterocycles. The third-order valence-corrected chi connectivity index (χ3v) is 6.50. The van der Waals surface area contributed by atoms with Gasteiger partial charge in [0.25, 0.3) is 15.9 Å². The maximum atomic E-state index is 12.8. The van der Waals surface area contributed by atoms with Crippen molar-refractivity contribution in [1.82, 2.24) is 0 Å². The maximum absolute atomic E-state index is 12.8. The van der Waals surface area contributed by atoms with E-state index in [9.17, 15) is 13.2 Å². The zero-order valence-corrected chi connectivity index (χ0v) is 16.9. The quantitative estimate of drug-likeness (QED) is 0.628. The molecule has 0 fully saturated rings. The summed E-state index contributed by atoms with van der Waals surface area (Å²) in [4.78, 5) is 12.5. The number of rotatable bonds is 5. The van der Waals surface area contributed by atoms with Crippen molar-refractivity contribution in [3.05, 3.63) is 88.9 Å². The minimum atomic E-state index is -3.68. The molecule has 0 spiro atoms. The number of para-hydroxylation sites is 1. The summed E-state index contributed by atoms with van der Waals surface area (Å²) in [5, 5.41) is 2.76. The topological polar surface area (TPSA) is 66.5 Å². The third-order valence-electron chi connectivity index (χ3n) is 4.01. The molecule has 0 saturated carbocycles. The zero-order valence-electron chi connectivity index (χ0n) is 14.5. The van der Waals surface area contributed by atoms with Gasteiger partial charge in [0.15, 0.2) is 0 Å². The van der Waals surface area contributed by atoms with E-state index >= 15 is 0 Å². The molecule has 0 aliphatic carbocycles. The van der Waals surface area contributed by atoms with E-state index in [0.717, 1.165) is 0 Å². The van der Waals surface area contributed by atoms with Crippen LogP contribution in [-0.4, -0.2) is 21.4 Å². The van der Waals surface area contributed by atoms with Crippen molar-refractivity contribution in [2.45, 2.75) is 4.90 Å². The standard InChI is InChI=1S/C20H17BrN2O3S/c1-23(16-7-3-2-4-8-16)27(25,26)17-13-11-15(12-14-17)22-20(24)18-9-5-6-10-19(18)21/h2-14H,1H3,(H,22,24). The van der Waals surface area contributed by atoms with E-state index in [1.54, 1.807) is 54.6 Å². The molecule has 0 saturated heterocycles. The average molecular weight is 445 g/mol. The minimum Gasteiger partial charge on any atom is -0.322 e. The molecule has 0 aromatic heterocycles. The van der Waals surface area contributed by atoms with Crippen molar-refractivity contribution >= 4 is 43.2 Å². The Bertz CT molecular complexity index is 1050. The predicted molar refractivity (Wildman–Crippen MR) is 111 cm³/mol. The Morgan fingerprint density at radius 3 is 2.11 bits per heavy atom. The van der Waals surface area contributed by atoms with Crippen LogP contribution in [0.25, 0.3) is 0 Å². The van der Waals surface area contributed by atoms with Crippen molar-refractivity contribution in [3.8, 4) is 0 Å². The van der Waals surface area contributed by atoms with E-state index in [1.807, 2.05) is 12.1 Å². The van der Waals surface area contributed by atoms with Gasteiger partial charge in [-0.15, -0.1) is 0 Å². The normalized spacial score (nSPS) is 11.0. The van der Waals surface area contributed by atoms with Crippen LogP contribution in [0.1, 0.15) is 10.4 Å². The number of amides is 1. The van der Waals surface area contributed by atoms with E-state index in [1.165, 1.54) is 23.5 Å². The molecule has 27 heavy (non-hydrogen) atoms. The molecule has 7 heteroatoms. The first-order valence-corrected chi connectivity index (χ1v) is 10.3. The van der Waals surface area contributed by atoms with Gasteiger partial charge in [-0.3, -0.25) is 9.10 Å². The molecule has 0 aliphatic rings. The average Bonchev–Trinajstić information content (AvgIpc) is 2.68. The second-order valence-electron chi connectivity index (χ2n) is 5.77. The van der Waals surface area contributed by atoms with Gasteiger partial charge in [0.2, 0.25) is 0 Å². The molecule has 0 radical (unpaired) electrons. The number of halogens is 1. The number of hydrogen-bond donors (Lipinski definition) is 1. The van der Waals surface area contributed by atoms with Crippen LogP contribution >= 0.6 is 15.9 Å². The number of benzene rings is 3. The summed E-state index contributed by atoms with van der Waals surface area (Å²) in [5.74, 6) is -0.278. The predicted octanol–water partition coefficient (Wildman–Crippen LogP) is 4.53. The molecular formula is C20H17BrN2O3S. The van der Waals surface area contributed by atoms with Gasteiger partial charge in [-0.25, -0.2) is 8.42 Å². The first-order chi connectivity index (χ1) is 12.9. The Hall–Kier alpha value is -2.64. The monoisotopic (exact) mass is 444 g/mol. The molecule has 1 amide bonds. The van der Waals surface area contributed by atoms with Crippen molar-refractivity contribution in [2.75, 3.05) is 16.7 Å². The molecule has 1 N–H and O–H groups in total. The van der Waals surface area contributed by atoms with Crippen molar-refractivity contribution in [1.29, 1.82) is 0 Å². The Balaban J connectivity index is 1.79. The van der Waals surface area contributed by atoms with Gasteiger partial charge in [-0.2, -0.15) is 0 Å². The van der Waals surface area contributed by atoms with Crippen LogP contribution < -0.4 is 9.62 Å². The molecule has 0 unspecified atom stereocenters. The summed E-state index contributed by atoms with van der Waals surface area (Å²) in [6.45, 7) is 0. The first kappa shape index (κ1) is 19.1. The van der Waals surface area contributed by atoms with E-state index in [4.69, 9.17) is 0 Å². The van der Waals surface area contributed by atoms with Crippen LogP contribution in [-0.2, 0) is 10.0 Å². The highest BCUT2D eigenvalue weighted by molar-refractivity contribution is 9.10. The Kier molecular flexibility index (Phi) is 5.62. The molecule has 0 bridgehead atoms. The molecule has 3 rings (SSSR count). The van der Waals surface area contributed by atoms with E-state index in [0.29, 0.717) is 21.4 Å². The van der Waals surface area contributed by atoms with Crippen LogP contribution in [0, 0.1) is 0 Å². The number of hydrogen-bond acceptors (Lipinski definition) is 3. The zero-order chi connectivity index (χ0) is 19.4. The van der Waals surface area contributed by atoms with Crippen LogP contribution in [0.4, 0.5) is 11.4 Å². The summed E-state index contributed by atoms with van der Waals surface area (Å²) in [5.41, 5.74) is 1.58. The number of carbonyl (C=O) groups excluding carboxylic acids is 1. The SMILES string of the molecule is CN(c1ccccc1)S(=O)(=O)c1ccc(NC(=O)c2ccccc2Br)cc1. The van der Waals surface area contributed by atoms with Gasteiger partial charge in [0.1, 0.15) is 0 Å². The Morgan fingerprint density at radius 2 is 1.48 bits per heavy atom. The number of nitrogens with one attached hydrogen (secondary N) is 1. The molecule has 0 aliphatic heterocycles. The highest BCUT2D eigenvalue weighted by Gasteiger charge is 2.21. The van der Waals surface area contributed by atoms with Crippen molar-refractivity contribution in [3.63, 3.8) is 0 Å². The van der Waals surface area contributed by atoms with Gasteiger partial charge in [0.05, 0.1) is 16.1 Å². The Morgan fingerprint density at radius 1 is 0.889 bits per heavy atom.